The first kappa shape index (κ1) is 11.8. The van der Waals surface area contributed by atoms with Crippen LogP contribution in [0.2, 0.25) is 0 Å². The van der Waals surface area contributed by atoms with Crippen LogP contribution in [0.25, 0.3) is 0 Å². The van der Waals surface area contributed by atoms with Crippen molar-refractivity contribution >= 4 is 11.8 Å². The molecule has 1 aromatic heterocycles. The molecule has 2 rings (SSSR count). The highest BCUT2D eigenvalue weighted by atomic mass is 16.5. The van der Waals surface area contributed by atoms with Crippen LogP contribution in [0.4, 0.5) is 5.82 Å². The van der Waals surface area contributed by atoms with Crippen LogP contribution >= 0.6 is 0 Å². The number of carbonyl (C=O) groups is 1. The van der Waals surface area contributed by atoms with E-state index in [9.17, 15) is 4.79 Å². The zero-order valence-electron chi connectivity index (χ0n) is 9.83. The monoisotopic (exact) mass is 237 g/mol. The SMILES string of the molecule is CC1CN(c2ccc(C(=O)O)nn2)C(C)CO1. The first-order valence-electron chi connectivity index (χ1n) is 5.53. The average molecular weight is 237 g/mol. The zero-order valence-corrected chi connectivity index (χ0v) is 9.83. The second-order valence-corrected chi connectivity index (χ2v) is 4.23. The number of anilines is 1. The molecule has 0 saturated carbocycles. The molecule has 0 aromatic carbocycles. The van der Waals surface area contributed by atoms with Gasteiger partial charge < -0.3 is 14.7 Å². The van der Waals surface area contributed by atoms with E-state index in [1.807, 2.05) is 13.8 Å². The van der Waals surface area contributed by atoms with Crippen molar-refractivity contribution in [3.05, 3.63) is 17.8 Å². The smallest absolute Gasteiger partial charge is 0.356 e. The summed E-state index contributed by atoms with van der Waals surface area (Å²) < 4.78 is 5.52. The molecule has 2 unspecified atom stereocenters. The molecule has 1 aromatic rings. The van der Waals surface area contributed by atoms with Crippen molar-refractivity contribution in [1.82, 2.24) is 10.2 Å². The van der Waals surface area contributed by atoms with E-state index in [-0.39, 0.29) is 17.8 Å². The molecule has 0 spiro atoms. The summed E-state index contributed by atoms with van der Waals surface area (Å²) in [7, 11) is 0. The second kappa shape index (κ2) is 4.67. The number of carboxylic acid groups (broad SMARTS) is 1. The van der Waals surface area contributed by atoms with Gasteiger partial charge in [0, 0.05) is 6.54 Å². The summed E-state index contributed by atoms with van der Waals surface area (Å²) in [6.45, 7) is 5.42. The lowest BCUT2D eigenvalue weighted by Gasteiger charge is -2.37. The Morgan fingerprint density at radius 3 is 2.82 bits per heavy atom. The van der Waals surface area contributed by atoms with Gasteiger partial charge in [0.05, 0.1) is 18.8 Å². The number of rotatable bonds is 2. The number of aromatic nitrogens is 2. The molecular weight excluding hydrogens is 222 g/mol. The van der Waals surface area contributed by atoms with Gasteiger partial charge in [0.1, 0.15) is 0 Å². The van der Waals surface area contributed by atoms with Gasteiger partial charge in [-0.3, -0.25) is 0 Å². The fraction of sp³-hybridized carbons (Fsp3) is 0.545. The highest BCUT2D eigenvalue weighted by molar-refractivity contribution is 5.85. The molecule has 1 aliphatic heterocycles. The molecule has 6 nitrogen and oxygen atoms in total. The van der Waals surface area contributed by atoms with E-state index in [1.165, 1.54) is 6.07 Å². The van der Waals surface area contributed by atoms with Crippen LogP contribution in [0.1, 0.15) is 24.3 Å². The van der Waals surface area contributed by atoms with Gasteiger partial charge in [0.2, 0.25) is 0 Å². The van der Waals surface area contributed by atoms with Gasteiger partial charge in [-0.05, 0) is 26.0 Å². The second-order valence-electron chi connectivity index (χ2n) is 4.23. The molecule has 0 bridgehead atoms. The first-order chi connectivity index (χ1) is 8.08. The lowest BCUT2D eigenvalue weighted by molar-refractivity contribution is 0.0339. The summed E-state index contributed by atoms with van der Waals surface area (Å²) >= 11 is 0. The van der Waals surface area contributed by atoms with Gasteiger partial charge >= 0.3 is 5.97 Å². The predicted molar refractivity (Wildman–Crippen MR) is 61.2 cm³/mol. The maximum Gasteiger partial charge on any atom is 0.356 e. The summed E-state index contributed by atoms with van der Waals surface area (Å²) in [5.74, 6) is -0.370. The third-order valence-corrected chi connectivity index (χ3v) is 2.77. The zero-order chi connectivity index (χ0) is 12.4. The molecule has 6 heteroatoms. The lowest BCUT2D eigenvalue weighted by Crippen LogP contribution is -2.47. The molecule has 0 radical (unpaired) electrons. The molecule has 2 heterocycles. The van der Waals surface area contributed by atoms with Crippen LogP contribution in [0.15, 0.2) is 12.1 Å². The molecule has 2 atom stereocenters. The number of hydrogen-bond acceptors (Lipinski definition) is 5. The highest BCUT2D eigenvalue weighted by Crippen LogP contribution is 2.18. The van der Waals surface area contributed by atoms with E-state index < -0.39 is 5.97 Å². The minimum absolute atomic E-state index is 0.0392. The summed E-state index contributed by atoms with van der Waals surface area (Å²) in [5.41, 5.74) is -0.0392. The molecule has 92 valence electrons. The average Bonchev–Trinajstić information content (AvgIpc) is 2.32. The Balaban J connectivity index is 2.18. The summed E-state index contributed by atoms with van der Waals surface area (Å²) in [6.07, 6.45) is 0.146. The highest BCUT2D eigenvalue weighted by Gasteiger charge is 2.24. The number of ether oxygens (including phenoxy) is 1. The Bertz CT molecular complexity index is 407. The fourth-order valence-corrected chi connectivity index (χ4v) is 1.81. The van der Waals surface area contributed by atoms with Gasteiger partial charge in [-0.25, -0.2) is 4.79 Å². The van der Waals surface area contributed by atoms with Crippen molar-refractivity contribution < 1.29 is 14.6 Å². The van der Waals surface area contributed by atoms with Gasteiger partial charge in [0.25, 0.3) is 0 Å². The normalized spacial score (nSPS) is 24.7. The largest absolute Gasteiger partial charge is 0.476 e. The van der Waals surface area contributed by atoms with Crippen molar-refractivity contribution in [2.24, 2.45) is 0 Å². The Kier molecular flexibility index (Phi) is 3.23. The number of nitrogens with zero attached hydrogens (tertiary/aromatic N) is 3. The molecular formula is C11H15N3O3. The molecule has 1 fully saturated rings. The molecule has 1 N–H and O–H groups in total. The van der Waals surface area contributed by atoms with Crippen molar-refractivity contribution in [1.29, 1.82) is 0 Å². The Morgan fingerprint density at radius 2 is 2.24 bits per heavy atom. The quantitative estimate of drug-likeness (QED) is 0.819. The minimum Gasteiger partial charge on any atom is -0.476 e. The van der Waals surface area contributed by atoms with Gasteiger partial charge in [0.15, 0.2) is 11.5 Å². The van der Waals surface area contributed by atoms with Crippen LogP contribution < -0.4 is 4.90 Å². The Morgan fingerprint density at radius 1 is 1.47 bits per heavy atom. The molecule has 1 aliphatic rings. The van der Waals surface area contributed by atoms with Crippen LogP contribution in [-0.4, -0.2) is 46.6 Å². The Hall–Kier alpha value is -1.69. The molecule has 17 heavy (non-hydrogen) atoms. The summed E-state index contributed by atoms with van der Waals surface area (Å²) in [4.78, 5) is 12.7. The van der Waals surface area contributed by atoms with Crippen LogP contribution in [0, 0.1) is 0 Å². The molecule has 0 aliphatic carbocycles. The van der Waals surface area contributed by atoms with Crippen LogP contribution in [0.5, 0.6) is 0 Å². The van der Waals surface area contributed by atoms with E-state index in [0.29, 0.717) is 12.4 Å². The van der Waals surface area contributed by atoms with E-state index in [0.717, 1.165) is 6.54 Å². The van der Waals surface area contributed by atoms with Crippen LogP contribution in [-0.2, 0) is 4.74 Å². The first-order valence-corrected chi connectivity index (χ1v) is 5.53. The van der Waals surface area contributed by atoms with Gasteiger partial charge in [-0.15, -0.1) is 10.2 Å². The van der Waals surface area contributed by atoms with Crippen LogP contribution in [0.3, 0.4) is 0 Å². The molecule has 0 amide bonds. The number of aromatic carboxylic acids is 1. The molecule has 1 saturated heterocycles. The summed E-state index contributed by atoms with van der Waals surface area (Å²) in [5, 5.41) is 16.4. The standard InChI is InChI=1S/C11H15N3O3/c1-7-6-17-8(2)5-14(7)10-4-3-9(11(15)16)12-13-10/h3-4,7-8H,5-6H2,1-2H3,(H,15,16). The minimum atomic E-state index is -1.06. The van der Waals surface area contributed by atoms with E-state index in [2.05, 4.69) is 15.1 Å². The van der Waals surface area contributed by atoms with Crippen molar-refractivity contribution in [3.8, 4) is 0 Å². The summed E-state index contributed by atoms with van der Waals surface area (Å²) in [6, 6.07) is 3.37. The lowest BCUT2D eigenvalue weighted by atomic mass is 10.2. The fourth-order valence-electron chi connectivity index (χ4n) is 1.81. The number of carboxylic acids is 1. The third kappa shape index (κ3) is 2.52. The van der Waals surface area contributed by atoms with E-state index in [1.54, 1.807) is 6.07 Å². The van der Waals surface area contributed by atoms with Crippen molar-refractivity contribution in [3.63, 3.8) is 0 Å². The van der Waals surface area contributed by atoms with Crippen molar-refractivity contribution in [2.45, 2.75) is 26.0 Å². The Labute approximate surface area is 99.2 Å². The van der Waals surface area contributed by atoms with Crippen molar-refractivity contribution in [2.75, 3.05) is 18.1 Å². The topological polar surface area (TPSA) is 75.6 Å². The number of morpholine rings is 1. The predicted octanol–water partition coefficient (Wildman–Crippen LogP) is 0.788. The van der Waals surface area contributed by atoms with E-state index in [4.69, 9.17) is 9.84 Å². The maximum absolute atomic E-state index is 10.7. The van der Waals surface area contributed by atoms with Gasteiger partial charge in [-0.2, -0.15) is 0 Å². The maximum atomic E-state index is 10.7. The number of hydrogen-bond donors (Lipinski definition) is 1. The van der Waals surface area contributed by atoms with Gasteiger partial charge in [-0.1, -0.05) is 0 Å². The van der Waals surface area contributed by atoms with E-state index >= 15 is 0 Å². The third-order valence-electron chi connectivity index (χ3n) is 2.77.